The molecule has 0 unspecified atom stereocenters. The van der Waals surface area contributed by atoms with Crippen LogP contribution in [-0.2, 0) is 10.0 Å². The van der Waals surface area contributed by atoms with Gasteiger partial charge in [0.05, 0.1) is 11.8 Å². The van der Waals surface area contributed by atoms with E-state index in [-0.39, 0.29) is 17.6 Å². The molecule has 1 aromatic rings. The molecule has 0 amide bonds. The van der Waals surface area contributed by atoms with Gasteiger partial charge in [0.25, 0.3) is 10.0 Å². The fourth-order valence-electron chi connectivity index (χ4n) is 1.21. The van der Waals surface area contributed by atoms with E-state index in [1.54, 1.807) is 24.3 Å². The third kappa shape index (κ3) is 4.50. The Morgan fingerprint density at radius 3 is 2.04 bits per heavy atom. The van der Waals surface area contributed by atoms with E-state index in [0.717, 1.165) is 0 Å². The topological polar surface area (TPSA) is 61.2 Å². The van der Waals surface area contributed by atoms with Crippen molar-refractivity contribution in [3.05, 3.63) is 30.3 Å². The molecule has 0 aliphatic heterocycles. The number of nitriles is 1. The van der Waals surface area contributed by atoms with Crippen LogP contribution in [0, 0.1) is 11.3 Å². The van der Waals surface area contributed by atoms with Crippen LogP contribution in [0.4, 0.5) is 10.1 Å². The minimum Gasteiger partial charge on any atom is -0.207 e. The van der Waals surface area contributed by atoms with Gasteiger partial charge in [0.1, 0.15) is 0 Å². The van der Waals surface area contributed by atoms with E-state index in [9.17, 15) is 12.8 Å². The number of alkyl halides is 5. The number of halogens is 5. The SMILES string of the molecule is CC(C)(C#N)S(=O)(=O)N(SC(Cl)(Cl)C(F)(Cl)Cl)c1ccccc1. The molecular weight excluding hydrogens is 429 g/mol. The predicted octanol–water partition coefficient (Wildman–Crippen LogP) is 5.01. The van der Waals surface area contributed by atoms with Crippen molar-refractivity contribution in [3.8, 4) is 6.07 Å². The molecule has 1 rings (SSSR count). The highest BCUT2D eigenvalue weighted by Gasteiger charge is 2.54. The summed E-state index contributed by atoms with van der Waals surface area (Å²) < 4.78 is 32.4. The molecule has 0 heterocycles. The van der Waals surface area contributed by atoms with Gasteiger partial charge in [0.15, 0.2) is 4.75 Å². The minimum atomic E-state index is -4.31. The lowest BCUT2D eigenvalue weighted by Gasteiger charge is -2.34. The molecule has 0 aliphatic carbocycles. The maximum atomic E-state index is 13.8. The van der Waals surface area contributed by atoms with Gasteiger partial charge in [-0.05, 0) is 26.0 Å². The van der Waals surface area contributed by atoms with Gasteiger partial charge in [-0.2, -0.15) is 5.26 Å². The van der Waals surface area contributed by atoms with Crippen LogP contribution in [0.3, 0.4) is 0 Å². The first-order valence-electron chi connectivity index (χ1n) is 5.91. The molecule has 1 aromatic carbocycles. The highest BCUT2D eigenvalue weighted by molar-refractivity contribution is 8.17. The highest BCUT2D eigenvalue weighted by atomic mass is 35.5. The van der Waals surface area contributed by atoms with E-state index in [2.05, 4.69) is 0 Å². The van der Waals surface area contributed by atoms with Gasteiger partial charge in [-0.1, -0.05) is 64.6 Å². The molecular formula is C12H11Cl4FN2O2S2. The summed E-state index contributed by atoms with van der Waals surface area (Å²) >= 11 is 22.2. The lowest BCUT2D eigenvalue weighted by molar-refractivity contribution is 0.401. The maximum absolute atomic E-state index is 13.8. The fraction of sp³-hybridized carbons (Fsp3) is 0.417. The molecule has 0 N–H and O–H groups in total. The molecule has 0 fully saturated rings. The second kappa shape index (κ2) is 7.03. The Labute approximate surface area is 158 Å². The summed E-state index contributed by atoms with van der Waals surface area (Å²) in [4.78, 5) is 0. The fourth-order valence-corrected chi connectivity index (χ4v) is 4.83. The van der Waals surface area contributed by atoms with Crippen molar-refractivity contribution in [2.45, 2.75) is 26.8 Å². The number of nitrogens with zero attached hydrogens (tertiary/aromatic N) is 2. The Hall–Kier alpha value is -0.100. The zero-order chi connectivity index (χ0) is 18.1. The van der Waals surface area contributed by atoms with E-state index in [0.29, 0.717) is 3.71 Å². The van der Waals surface area contributed by atoms with Crippen molar-refractivity contribution in [1.29, 1.82) is 5.26 Å². The van der Waals surface area contributed by atoms with Crippen LogP contribution >= 0.6 is 58.4 Å². The molecule has 0 radical (unpaired) electrons. The number of sulfonamides is 1. The van der Waals surface area contributed by atoms with Gasteiger partial charge in [-0.25, -0.2) is 16.5 Å². The zero-order valence-corrected chi connectivity index (χ0v) is 16.5. The number of benzene rings is 1. The van der Waals surface area contributed by atoms with Crippen molar-refractivity contribution in [1.82, 2.24) is 0 Å². The summed E-state index contributed by atoms with van der Waals surface area (Å²) in [6, 6.07) is 9.25. The molecule has 23 heavy (non-hydrogen) atoms. The van der Waals surface area contributed by atoms with E-state index < -0.39 is 23.0 Å². The Bertz CT molecular complexity index is 700. The van der Waals surface area contributed by atoms with Crippen molar-refractivity contribution in [2.24, 2.45) is 0 Å². The number of anilines is 1. The molecule has 0 atom stereocenters. The lowest BCUT2D eigenvalue weighted by Crippen LogP contribution is -2.44. The first-order valence-corrected chi connectivity index (χ1v) is 9.63. The van der Waals surface area contributed by atoms with E-state index in [1.165, 1.54) is 26.0 Å². The number of hydrogen-bond donors (Lipinski definition) is 0. The average molecular weight is 440 g/mol. The zero-order valence-electron chi connectivity index (χ0n) is 11.8. The molecule has 11 heteroatoms. The van der Waals surface area contributed by atoms with Crippen molar-refractivity contribution in [2.75, 3.05) is 3.71 Å². The highest BCUT2D eigenvalue weighted by Crippen LogP contribution is 2.54. The summed E-state index contributed by atoms with van der Waals surface area (Å²) in [5.74, 6) is 0. The molecule has 128 valence electrons. The van der Waals surface area contributed by atoms with E-state index >= 15 is 0 Å². The molecule has 4 nitrogen and oxygen atoms in total. The van der Waals surface area contributed by atoms with Crippen molar-refractivity contribution in [3.63, 3.8) is 0 Å². The van der Waals surface area contributed by atoms with Crippen molar-refractivity contribution < 1.29 is 12.8 Å². The molecule has 0 saturated carbocycles. The summed E-state index contributed by atoms with van der Waals surface area (Å²) in [6.45, 7) is 2.38. The van der Waals surface area contributed by atoms with Gasteiger partial charge in [-0.15, -0.1) is 0 Å². The van der Waals surface area contributed by atoms with Crippen LogP contribution in [0.1, 0.15) is 13.8 Å². The van der Waals surface area contributed by atoms with Gasteiger partial charge in [0.2, 0.25) is 3.67 Å². The van der Waals surface area contributed by atoms with Gasteiger partial charge < -0.3 is 0 Å². The van der Waals surface area contributed by atoms with Gasteiger partial charge in [0, 0.05) is 11.9 Å². The number of rotatable bonds is 6. The molecule has 0 aliphatic rings. The number of para-hydroxylation sites is 1. The van der Waals surface area contributed by atoms with Crippen LogP contribution < -0.4 is 3.71 Å². The Balaban J connectivity index is 3.46. The van der Waals surface area contributed by atoms with Crippen molar-refractivity contribution >= 4 is 74.1 Å². The maximum Gasteiger partial charge on any atom is 0.301 e. The lowest BCUT2D eigenvalue weighted by atomic mass is 10.2. The van der Waals surface area contributed by atoms with E-state index in [1.807, 2.05) is 0 Å². The second-order valence-electron chi connectivity index (χ2n) is 4.80. The first-order chi connectivity index (χ1) is 10.3. The summed E-state index contributed by atoms with van der Waals surface area (Å²) in [5, 5.41) is 9.13. The van der Waals surface area contributed by atoms with Crippen LogP contribution in [0.2, 0.25) is 0 Å². The largest absolute Gasteiger partial charge is 0.301 e. The molecule has 0 aromatic heterocycles. The van der Waals surface area contributed by atoms with Gasteiger partial charge in [-0.3, -0.25) is 0 Å². The van der Waals surface area contributed by atoms with E-state index in [4.69, 9.17) is 51.7 Å². The number of hydrogen-bond acceptors (Lipinski definition) is 4. The Kier molecular flexibility index (Phi) is 6.40. The third-order valence-electron chi connectivity index (χ3n) is 2.63. The minimum absolute atomic E-state index is 0.101. The second-order valence-corrected chi connectivity index (χ2v) is 11.5. The Morgan fingerprint density at radius 2 is 1.65 bits per heavy atom. The van der Waals surface area contributed by atoms with Crippen LogP contribution in [0.25, 0.3) is 0 Å². The first kappa shape index (κ1) is 20.9. The molecule has 0 spiro atoms. The van der Waals surface area contributed by atoms with Crippen LogP contribution in [0.15, 0.2) is 30.3 Å². The molecule has 0 bridgehead atoms. The normalized spacial score (nSPS) is 13.5. The predicted molar refractivity (Wildman–Crippen MR) is 95.1 cm³/mol. The van der Waals surface area contributed by atoms with Gasteiger partial charge >= 0.3 is 4.59 Å². The summed E-state index contributed by atoms with van der Waals surface area (Å²) in [7, 11) is -4.31. The van der Waals surface area contributed by atoms with Crippen LogP contribution in [-0.4, -0.2) is 21.4 Å². The van der Waals surface area contributed by atoms with Crippen LogP contribution in [0.5, 0.6) is 0 Å². The summed E-state index contributed by atoms with van der Waals surface area (Å²) in [6.07, 6.45) is 0. The standard InChI is InChI=1S/C12H11Cl4FN2O2S2/c1-10(2,8-18)23(20,21)19(9-6-4-3-5-7-9)22-12(15,16)11(13,14)17/h3-7H,1-2H3. The smallest absolute Gasteiger partial charge is 0.207 e. The monoisotopic (exact) mass is 438 g/mol. The molecule has 0 saturated heterocycles. The quantitative estimate of drug-likeness (QED) is 0.461. The third-order valence-corrected chi connectivity index (χ3v) is 8.47. The summed E-state index contributed by atoms with van der Waals surface area (Å²) in [5.41, 5.74) is 0.101. The average Bonchev–Trinajstić information content (AvgIpc) is 2.44. The Morgan fingerprint density at radius 1 is 1.17 bits per heavy atom.